The van der Waals surface area contributed by atoms with E-state index in [2.05, 4.69) is 10.3 Å². The molecule has 0 saturated carbocycles. The van der Waals surface area contributed by atoms with Crippen LogP contribution in [0.5, 0.6) is 5.75 Å². The third-order valence-electron chi connectivity index (χ3n) is 2.65. The second-order valence-corrected chi connectivity index (χ2v) is 4.59. The highest BCUT2D eigenvalue weighted by molar-refractivity contribution is 7.80. The van der Waals surface area contributed by atoms with Gasteiger partial charge in [-0.05, 0) is 30.7 Å². The van der Waals surface area contributed by atoms with Gasteiger partial charge in [-0.3, -0.25) is 4.98 Å². The molecule has 0 aliphatic heterocycles. The van der Waals surface area contributed by atoms with Gasteiger partial charge in [-0.15, -0.1) is 0 Å². The van der Waals surface area contributed by atoms with Crippen LogP contribution >= 0.6 is 12.2 Å². The number of pyridine rings is 1. The molecule has 0 radical (unpaired) electrons. The summed E-state index contributed by atoms with van der Waals surface area (Å²) in [4.78, 5) is 4.48. The van der Waals surface area contributed by atoms with E-state index in [9.17, 15) is 0 Å². The molecule has 0 unspecified atom stereocenters. The van der Waals surface area contributed by atoms with Crippen molar-refractivity contribution in [1.82, 2.24) is 4.98 Å². The van der Waals surface area contributed by atoms with Gasteiger partial charge >= 0.3 is 0 Å². The first-order chi connectivity index (χ1) is 9.10. The fraction of sp³-hybridized carbons (Fsp3) is 0.143. The lowest BCUT2D eigenvalue weighted by Gasteiger charge is -2.13. The number of hydrogen-bond donors (Lipinski definition) is 2. The summed E-state index contributed by atoms with van der Waals surface area (Å²) in [6.07, 6.45) is 3.54. The van der Waals surface area contributed by atoms with Crippen LogP contribution in [-0.2, 0) is 0 Å². The predicted octanol–water partition coefficient (Wildman–Crippen LogP) is 2.78. The van der Waals surface area contributed by atoms with Gasteiger partial charge in [-0.25, -0.2) is 0 Å². The average Bonchev–Trinajstić information content (AvgIpc) is 2.38. The number of aryl methyl sites for hydroxylation is 1. The van der Waals surface area contributed by atoms with Crippen LogP contribution in [0.15, 0.2) is 36.7 Å². The van der Waals surface area contributed by atoms with E-state index in [1.807, 2.05) is 31.2 Å². The molecule has 2 rings (SSSR count). The van der Waals surface area contributed by atoms with Crippen LogP contribution < -0.4 is 15.8 Å². The summed E-state index contributed by atoms with van der Waals surface area (Å²) >= 11 is 5.05. The number of nitrogens with one attached hydrogen (secondary N) is 1. The number of nitrogens with two attached hydrogens (primary N) is 1. The summed E-state index contributed by atoms with van der Waals surface area (Å²) in [6.45, 7) is 1.98. The maximum Gasteiger partial charge on any atom is 0.120 e. The van der Waals surface area contributed by atoms with E-state index >= 15 is 0 Å². The third kappa shape index (κ3) is 3.20. The molecule has 4 nitrogen and oxygen atoms in total. The van der Waals surface area contributed by atoms with Crippen molar-refractivity contribution >= 4 is 28.6 Å². The number of nitrogens with zero attached hydrogens (tertiary/aromatic N) is 1. The first-order valence-corrected chi connectivity index (χ1v) is 6.17. The molecule has 1 aromatic carbocycles. The molecule has 0 fully saturated rings. The van der Waals surface area contributed by atoms with E-state index in [-0.39, 0.29) is 0 Å². The molecule has 1 aromatic heterocycles. The summed E-state index contributed by atoms with van der Waals surface area (Å²) in [5.74, 6) is 0.739. The second kappa shape index (κ2) is 5.67. The molecule has 3 N–H and O–H groups in total. The van der Waals surface area contributed by atoms with Gasteiger partial charge in [0.25, 0.3) is 0 Å². The van der Waals surface area contributed by atoms with Crippen LogP contribution in [0.25, 0.3) is 0 Å². The summed E-state index contributed by atoms with van der Waals surface area (Å²) in [5.41, 5.74) is 9.26. The summed E-state index contributed by atoms with van der Waals surface area (Å²) in [7, 11) is 1.62. The molecule has 0 amide bonds. The number of anilines is 2. The number of thiocarbonyl (C=S) groups is 1. The number of aromatic nitrogens is 1. The highest BCUT2D eigenvalue weighted by Gasteiger charge is 2.07. The molecular formula is C14H15N3OS. The number of methoxy groups -OCH3 is 1. The van der Waals surface area contributed by atoms with Gasteiger partial charge in [-0.1, -0.05) is 12.2 Å². The minimum absolute atomic E-state index is 0.339. The third-order valence-corrected chi connectivity index (χ3v) is 2.87. The number of hydrogen-bond acceptors (Lipinski definition) is 4. The fourth-order valence-corrected chi connectivity index (χ4v) is 1.93. The summed E-state index contributed by atoms with van der Waals surface area (Å²) in [6, 6.07) is 7.52. The maximum atomic E-state index is 5.72. The maximum absolute atomic E-state index is 5.72. The van der Waals surface area contributed by atoms with Crippen LogP contribution in [0.1, 0.15) is 11.1 Å². The van der Waals surface area contributed by atoms with E-state index in [4.69, 9.17) is 22.7 Å². The average molecular weight is 273 g/mol. The Kier molecular flexibility index (Phi) is 3.97. The quantitative estimate of drug-likeness (QED) is 0.839. The van der Waals surface area contributed by atoms with Crippen molar-refractivity contribution in [2.45, 2.75) is 6.92 Å². The largest absolute Gasteiger partial charge is 0.497 e. The van der Waals surface area contributed by atoms with Crippen molar-refractivity contribution in [3.05, 3.63) is 47.8 Å². The van der Waals surface area contributed by atoms with Crippen LogP contribution in [0.3, 0.4) is 0 Å². The molecule has 5 heteroatoms. The molecule has 0 atom stereocenters. The van der Waals surface area contributed by atoms with Crippen LogP contribution in [0, 0.1) is 6.92 Å². The fourth-order valence-electron chi connectivity index (χ4n) is 1.75. The lowest BCUT2D eigenvalue weighted by Crippen LogP contribution is -2.12. The SMILES string of the molecule is COc1ccc(C(N)=S)c(Nc2cncc(C)c2)c1. The zero-order chi connectivity index (χ0) is 13.8. The standard InChI is InChI=1S/C14H15N3OS/c1-9-5-10(8-16-7-9)17-13-6-11(18-2)3-4-12(13)14(15)19/h3-8,17H,1-2H3,(H2,15,19). The van der Waals surface area contributed by atoms with Gasteiger partial charge in [0, 0.05) is 17.8 Å². The predicted molar refractivity (Wildman–Crippen MR) is 81.1 cm³/mol. The van der Waals surface area contributed by atoms with Gasteiger partial charge in [0.05, 0.1) is 24.7 Å². The monoisotopic (exact) mass is 273 g/mol. The van der Waals surface area contributed by atoms with Gasteiger partial charge in [0.1, 0.15) is 10.7 Å². The normalized spacial score (nSPS) is 10.0. The molecule has 0 saturated heterocycles. The summed E-state index contributed by atoms with van der Waals surface area (Å²) in [5, 5.41) is 3.26. The molecule has 0 bridgehead atoms. The van der Waals surface area contributed by atoms with Crippen molar-refractivity contribution in [2.75, 3.05) is 12.4 Å². The molecule has 2 aromatic rings. The van der Waals surface area contributed by atoms with Crippen molar-refractivity contribution in [3.8, 4) is 5.75 Å². The van der Waals surface area contributed by atoms with Gasteiger partial charge in [0.2, 0.25) is 0 Å². The Balaban J connectivity index is 2.39. The Morgan fingerprint density at radius 3 is 2.74 bits per heavy atom. The highest BCUT2D eigenvalue weighted by atomic mass is 32.1. The highest BCUT2D eigenvalue weighted by Crippen LogP contribution is 2.26. The van der Waals surface area contributed by atoms with E-state index < -0.39 is 0 Å². The minimum Gasteiger partial charge on any atom is -0.497 e. The Labute approximate surface area is 117 Å². The Hall–Kier alpha value is -2.14. The molecule has 98 valence electrons. The number of ether oxygens (including phenoxy) is 1. The van der Waals surface area contributed by atoms with E-state index in [0.29, 0.717) is 4.99 Å². The topological polar surface area (TPSA) is 60.2 Å². The Bertz CT molecular complexity index is 613. The minimum atomic E-state index is 0.339. The van der Waals surface area contributed by atoms with E-state index in [1.54, 1.807) is 19.5 Å². The first kappa shape index (κ1) is 13.3. The molecule has 19 heavy (non-hydrogen) atoms. The second-order valence-electron chi connectivity index (χ2n) is 4.15. The van der Waals surface area contributed by atoms with Crippen molar-refractivity contribution in [3.63, 3.8) is 0 Å². The first-order valence-electron chi connectivity index (χ1n) is 5.76. The van der Waals surface area contributed by atoms with Gasteiger partial charge in [0.15, 0.2) is 0 Å². The smallest absolute Gasteiger partial charge is 0.120 e. The molecular weight excluding hydrogens is 258 g/mol. The van der Waals surface area contributed by atoms with Crippen LogP contribution in [0.4, 0.5) is 11.4 Å². The molecule has 0 aliphatic rings. The zero-order valence-electron chi connectivity index (χ0n) is 10.8. The van der Waals surface area contributed by atoms with E-state index in [1.165, 1.54) is 0 Å². The summed E-state index contributed by atoms with van der Waals surface area (Å²) < 4.78 is 5.21. The molecule has 0 aliphatic carbocycles. The van der Waals surface area contributed by atoms with Crippen molar-refractivity contribution in [1.29, 1.82) is 0 Å². The van der Waals surface area contributed by atoms with Gasteiger partial charge < -0.3 is 15.8 Å². The van der Waals surface area contributed by atoms with Crippen molar-refractivity contribution in [2.24, 2.45) is 5.73 Å². The Morgan fingerprint density at radius 1 is 1.32 bits per heavy atom. The van der Waals surface area contributed by atoms with E-state index in [0.717, 1.165) is 28.3 Å². The number of benzene rings is 1. The van der Waals surface area contributed by atoms with Crippen molar-refractivity contribution < 1.29 is 4.74 Å². The zero-order valence-corrected chi connectivity index (χ0v) is 11.6. The lowest BCUT2D eigenvalue weighted by molar-refractivity contribution is 0.415. The number of rotatable bonds is 4. The lowest BCUT2D eigenvalue weighted by atomic mass is 10.1. The van der Waals surface area contributed by atoms with Crippen LogP contribution in [-0.4, -0.2) is 17.1 Å². The Morgan fingerprint density at radius 2 is 2.11 bits per heavy atom. The molecule has 0 spiro atoms. The van der Waals surface area contributed by atoms with Crippen LogP contribution in [0.2, 0.25) is 0 Å². The van der Waals surface area contributed by atoms with Gasteiger partial charge in [-0.2, -0.15) is 0 Å². The molecule has 1 heterocycles.